The number of hydrogen-bond donors (Lipinski definition) is 1. The van der Waals surface area contributed by atoms with E-state index in [0.717, 1.165) is 5.56 Å². The third-order valence-corrected chi connectivity index (χ3v) is 6.32. The van der Waals surface area contributed by atoms with E-state index in [4.69, 9.17) is 4.74 Å². The number of anilines is 1. The number of carbonyl (C=O) groups is 2. The number of aromatic nitrogens is 3. The highest BCUT2D eigenvalue weighted by molar-refractivity contribution is 5.98. The molecule has 1 heterocycles. The minimum Gasteiger partial charge on any atom is -0.497 e. The Morgan fingerprint density at radius 1 is 0.923 bits per heavy atom. The van der Waals surface area contributed by atoms with Crippen LogP contribution in [0.15, 0.2) is 103 Å². The molecule has 196 valence electrons. The molecule has 0 aliphatic heterocycles. The molecule has 0 saturated heterocycles. The molecule has 5 aromatic rings. The van der Waals surface area contributed by atoms with Crippen LogP contribution in [0.1, 0.15) is 17.2 Å². The van der Waals surface area contributed by atoms with Gasteiger partial charge in [0.15, 0.2) is 0 Å². The lowest BCUT2D eigenvalue weighted by atomic mass is 10.0. The lowest BCUT2D eigenvalue weighted by Crippen LogP contribution is -2.42. The van der Waals surface area contributed by atoms with Gasteiger partial charge >= 0.3 is 0 Å². The van der Waals surface area contributed by atoms with Crippen molar-refractivity contribution in [1.29, 1.82) is 0 Å². The van der Waals surface area contributed by atoms with E-state index in [1.165, 1.54) is 33.8 Å². The molecule has 5 rings (SSSR count). The van der Waals surface area contributed by atoms with Crippen molar-refractivity contribution in [2.45, 2.75) is 19.1 Å². The molecule has 1 atom stereocenters. The lowest BCUT2D eigenvalue weighted by molar-refractivity contribution is -0.140. The Bertz CT molecular complexity index is 1570. The van der Waals surface area contributed by atoms with Crippen LogP contribution in [0.2, 0.25) is 0 Å². The molecule has 1 aromatic heterocycles. The van der Waals surface area contributed by atoms with E-state index in [9.17, 15) is 14.0 Å². The number of benzene rings is 4. The van der Waals surface area contributed by atoms with Gasteiger partial charge in [-0.2, -0.15) is 0 Å². The van der Waals surface area contributed by atoms with Gasteiger partial charge in [-0.25, -0.2) is 9.07 Å². The highest BCUT2D eigenvalue weighted by Crippen LogP contribution is 2.27. The molecule has 1 unspecified atom stereocenters. The van der Waals surface area contributed by atoms with E-state index in [-0.39, 0.29) is 19.0 Å². The summed E-state index contributed by atoms with van der Waals surface area (Å²) in [5, 5.41) is 11.2. The SMILES string of the molecule is COc1ccc(NC(=O)C(c2ccc(F)cc2)N(Cc2ccccc2)C(=O)Cn2nnc3ccccc32)cc1. The fourth-order valence-electron chi connectivity index (χ4n) is 4.36. The van der Waals surface area contributed by atoms with Crippen molar-refractivity contribution in [3.8, 4) is 5.75 Å². The zero-order valence-electron chi connectivity index (χ0n) is 21.2. The molecule has 9 heteroatoms. The molecule has 1 N–H and O–H groups in total. The predicted octanol–water partition coefficient (Wildman–Crippen LogP) is 4.99. The number of carbonyl (C=O) groups excluding carboxylic acids is 2. The number of halogens is 1. The number of para-hydroxylation sites is 1. The van der Waals surface area contributed by atoms with Crippen LogP contribution >= 0.6 is 0 Å². The molecule has 0 aliphatic carbocycles. The van der Waals surface area contributed by atoms with E-state index in [0.29, 0.717) is 28.0 Å². The first-order valence-electron chi connectivity index (χ1n) is 12.3. The Balaban J connectivity index is 1.53. The standard InChI is InChI=1S/C30H26FN5O3/c1-39-25-17-15-24(16-18-25)32-30(38)29(22-11-13-23(31)14-12-22)35(19-21-7-3-2-4-8-21)28(37)20-36-27-10-6-5-9-26(27)33-34-36/h2-18,29H,19-20H2,1H3,(H,32,38). The lowest BCUT2D eigenvalue weighted by Gasteiger charge is -2.31. The smallest absolute Gasteiger partial charge is 0.251 e. The van der Waals surface area contributed by atoms with Crippen LogP contribution < -0.4 is 10.1 Å². The summed E-state index contributed by atoms with van der Waals surface area (Å²) < 4.78 is 20.6. The zero-order chi connectivity index (χ0) is 27.2. The van der Waals surface area contributed by atoms with Crippen molar-refractivity contribution < 1.29 is 18.7 Å². The first-order chi connectivity index (χ1) is 19.0. The van der Waals surface area contributed by atoms with Crippen molar-refractivity contribution in [2.24, 2.45) is 0 Å². The molecule has 4 aromatic carbocycles. The molecule has 0 bridgehead atoms. The van der Waals surface area contributed by atoms with Crippen LogP contribution in [0, 0.1) is 5.82 Å². The van der Waals surface area contributed by atoms with E-state index >= 15 is 0 Å². The monoisotopic (exact) mass is 523 g/mol. The summed E-state index contributed by atoms with van der Waals surface area (Å²) in [6.45, 7) is 0.00519. The van der Waals surface area contributed by atoms with Crippen LogP contribution in [0.25, 0.3) is 11.0 Å². The molecule has 0 radical (unpaired) electrons. The predicted molar refractivity (Wildman–Crippen MR) is 145 cm³/mol. The minimum absolute atomic E-state index is 0.138. The number of amides is 2. The van der Waals surface area contributed by atoms with Gasteiger partial charge in [-0.3, -0.25) is 9.59 Å². The van der Waals surface area contributed by atoms with Crippen LogP contribution in [0.4, 0.5) is 10.1 Å². The molecule has 0 saturated carbocycles. The van der Waals surface area contributed by atoms with Crippen molar-refractivity contribution in [3.05, 3.63) is 120 Å². The Morgan fingerprint density at radius 2 is 1.62 bits per heavy atom. The quantitative estimate of drug-likeness (QED) is 0.294. The topological polar surface area (TPSA) is 89.4 Å². The third-order valence-electron chi connectivity index (χ3n) is 6.32. The highest BCUT2D eigenvalue weighted by atomic mass is 19.1. The molecule has 0 spiro atoms. The first kappa shape index (κ1) is 25.6. The summed E-state index contributed by atoms with van der Waals surface area (Å²) in [5.74, 6) is -0.597. The van der Waals surface area contributed by atoms with Gasteiger partial charge in [-0.05, 0) is 59.7 Å². The van der Waals surface area contributed by atoms with Crippen molar-refractivity contribution >= 4 is 28.5 Å². The third kappa shape index (κ3) is 5.93. The average Bonchev–Trinajstić information content (AvgIpc) is 3.37. The summed E-state index contributed by atoms with van der Waals surface area (Å²) in [7, 11) is 1.56. The van der Waals surface area contributed by atoms with Gasteiger partial charge in [0.05, 0.1) is 12.6 Å². The molecule has 8 nitrogen and oxygen atoms in total. The summed E-state index contributed by atoms with van der Waals surface area (Å²) in [6, 6.07) is 28.1. The summed E-state index contributed by atoms with van der Waals surface area (Å²) in [6.07, 6.45) is 0. The molecule has 2 amide bonds. The molecule has 0 aliphatic rings. The van der Waals surface area contributed by atoms with Crippen LogP contribution in [0.5, 0.6) is 5.75 Å². The van der Waals surface area contributed by atoms with Gasteiger partial charge < -0.3 is 15.0 Å². The highest BCUT2D eigenvalue weighted by Gasteiger charge is 2.32. The number of ether oxygens (including phenoxy) is 1. The average molecular weight is 524 g/mol. The summed E-state index contributed by atoms with van der Waals surface area (Å²) in [4.78, 5) is 29.3. The molecular weight excluding hydrogens is 497 g/mol. The van der Waals surface area contributed by atoms with Crippen molar-refractivity contribution in [1.82, 2.24) is 19.9 Å². The fraction of sp³-hybridized carbons (Fsp3) is 0.133. The van der Waals surface area contributed by atoms with Crippen molar-refractivity contribution in [2.75, 3.05) is 12.4 Å². The second-order valence-corrected chi connectivity index (χ2v) is 8.91. The number of hydrogen-bond acceptors (Lipinski definition) is 5. The largest absolute Gasteiger partial charge is 0.497 e. The van der Waals surface area contributed by atoms with E-state index in [2.05, 4.69) is 15.6 Å². The Hall–Kier alpha value is -5.05. The number of nitrogens with zero attached hydrogens (tertiary/aromatic N) is 4. The number of nitrogens with one attached hydrogen (secondary N) is 1. The van der Waals surface area contributed by atoms with Gasteiger partial charge in [-0.1, -0.05) is 59.8 Å². The summed E-state index contributed by atoms with van der Waals surface area (Å²) >= 11 is 0. The van der Waals surface area contributed by atoms with Gasteiger partial charge in [0.1, 0.15) is 29.7 Å². The minimum atomic E-state index is -1.06. The van der Waals surface area contributed by atoms with E-state index < -0.39 is 17.8 Å². The van der Waals surface area contributed by atoms with Crippen LogP contribution in [-0.4, -0.2) is 38.8 Å². The maximum absolute atomic E-state index is 13.9. The second-order valence-electron chi connectivity index (χ2n) is 8.91. The second kappa shape index (κ2) is 11.6. The number of rotatable bonds is 9. The van der Waals surface area contributed by atoms with E-state index in [1.807, 2.05) is 54.6 Å². The van der Waals surface area contributed by atoms with Gasteiger partial charge in [0, 0.05) is 12.2 Å². The first-order valence-corrected chi connectivity index (χ1v) is 12.3. The molecule has 0 fully saturated rings. The van der Waals surface area contributed by atoms with Crippen LogP contribution in [0.3, 0.4) is 0 Å². The Labute approximate surface area is 224 Å². The van der Waals surface area contributed by atoms with Crippen molar-refractivity contribution in [3.63, 3.8) is 0 Å². The molecule has 39 heavy (non-hydrogen) atoms. The maximum atomic E-state index is 13.9. The fourth-order valence-corrected chi connectivity index (χ4v) is 4.36. The van der Waals surface area contributed by atoms with E-state index in [1.54, 1.807) is 31.4 Å². The Morgan fingerprint density at radius 3 is 2.33 bits per heavy atom. The van der Waals surface area contributed by atoms with Gasteiger partial charge in [0.2, 0.25) is 5.91 Å². The van der Waals surface area contributed by atoms with Gasteiger partial charge in [0.25, 0.3) is 5.91 Å². The zero-order valence-corrected chi connectivity index (χ0v) is 21.2. The Kier molecular flexibility index (Phi) is 7.58. The molecular formula is C30H26FN5O3. The normalized spacial score (nSPS) is 11.6. The number of methoxy groups -OCH3 is 1. The maximum Gasteiger partial charge on any atom is 0.251 e. The van der Waals surface area contributed by atoms with Gasteiger partial charge in [-0.15, -0.1) is 5.10 Å². The number of fused-ring (bicyclic) bond motifs is 1. The van der Waals surface area contributed by atoms with Crippen LogP contribution in [-0.2, 0) is 22.7 Å². The summed E-state index contributed by atoms with van der Waals surface area (Å²) in [5.41, 5.74) is 3.19.